The molecule has 0 saturated carbocycles. The Labute approximate surface area is 148 Å². The Morgan fingerprint density at radius 3 is 2.96 bits per heavy atom. The van der Waals surface area contributed by atoms with Crippen molar-refractivity contribution in [3.8, 4) is 0 Å². The van der Waals surface area contributed by atoms with E-state index in [4.69, 9.17) is 22.1 Å². The van der Waals surface area contributed by atoms with Crippen LogP contribution in [0.15, 0.2) is 24.3 Å². The van der Waals surface area contributed by atoms with Crippen molar-refractivity contribution in [2.24, 2.45) is 0 Å². The van der Waals surface area contributed by atoms with Gasteiger partial charge in [0.1, 0.15) is 0 Å². The van der Waals surface area contributed by atoms with Crippen molar-refractivity contribution in [2.45, 2.75) is 18.9 Å². The molecule has 25 heavy (non-hydrogen) atoms. The highest BCUT2D eigenvalue weighted by Gasteiger charge is 2.24. The Morgan fingerprint density at radius 2 is 2.28 bits per heavy atom. The average Bonchev–Trinajstić information content (AvgIpc) is 3.05. The highest BCUT2D eigenvalue weighted by molar-refractivity contribution is 6.30. The molecule has 1 aliphatic heterocycles. The summed E-state index contributed by atoms with van der Waals surface area (Å²) in [4.78, 5) is 18.8. The van der Waals surface area contributed by atoms with E-state index in [1.54, 1.807) is 24.3 Å². The summed E-state index contributed by atoms with van der Waals surface area (Å²) < 4.78 is 5.51. The maximum atomic E-state index is 11.3. The summed E-state index contributed by atoms with van der Waals surface area (Å²) in [6, 6.07) is 6.94. The van der Waals surface area contributed by atoms with Crippen molar-refractivity contribution in [2.75, 3.05) is 29.5 Å². The Kier molecular flexibility index (Phi) is 5.15. The van der Waals surface area contributed by atoms with Crippen LogP contribution in [-0.2, 0) is 4.74 Å². The lowest BCUT2D eigenvalue weighted by Gasteiger charge is -2.13. The molecule has 1 saturated heterocycles. The molecule has 4 N–H and O–H groups in total. The minimum atomic E-state index is -0.601. The van der Waals surface area contributed by atoms with E-state index in [2.05, 4.69) is 20.6 Å². The quantitative estimate of drug-likeness (QED) is 0.527. The van der Waals surface area contributed by atoms with Gasteiger partial charge in [0.25, 0.3) is 0 Å². The van der Waals surface area contributed by atoms with Crippen molar-refractivity contribution in [1.82, 2.24) is 9.97 Å². The van der Waals surface area contributed by atoms with Gasteiger partial charge in [-0.2, -0.15) is 9.97 Å². The molecular formula is C15H17ClN6O3. The smallest absolute Gasteiger partial charge is 0.353 e. The number of nitro groups is 1. The van der Waals surface area contributed by atoms with Gasteiger partial charge in [0, 0.05) is 23.9 Å². The molecule has 132 valence electrons. The Morgan fingerprint density at radius 1 is 1.44 bits per heavy atom. The van der Waals surface area contributed by atoms with Crippen LogP contribution in [0, 0.1) is 10.1 Å². The van der Waals surface area contributed by atoms with Crippen LogP contribution in [0.4, 0.5) is 29.0 Å². The Hall–Kier alpha value is -2.65. The highest BCUT2D eigenvalue weighted by Crippen LogP contribution is 2.30. The van der Waals surface area contributed by atoms with E-state index in [0.29, 0.717) is 23.9 Å². The SMILES string of the molecule is Nc1nc(Nc2cccc(Cl)c2)nc(NC[C@H]2CCCO2)c1[N+](=O)[O-]. The van der Waals surface area contributed by atoms with E-state index in [1.165, 1.54) is 0 Å². The maximum Gasteiger partial charge on any atom is 0.353 e. The number of nitrogens with two attached hydrogens (primary N) is 1. The van der Waals surface area contributed by atoms with Gasteiger partial charge in [-0.15, -0.1) is 0 Å². The minimum Gasteiger partial charge on any atom is -0.378 e. The Balaban J connectivity index is 1.85. The van der Waals surface area contributed by atoms with Gasteiger partial charge >= 0.3 is 5.69 Å². The molecule has 2 heterocycles. The first-order chi connectivity index (χ1) is 12.0. The van der Waals surface area contributed by atoms with E-state index in [0.717, 1.165) is 12.8 Å². The monoisotopic (exact) mass is 364 g/mol. The number of benzene rings is 1. The van der Waals surface area contributed by atoms with Gasteiger partial charge in [-0.05, 0) is 31.0 Å². The normalized spacial score (nSPS) is 16.6. The molecule has 3 rings (SSSR count). The predicted octanol–water partition coefficient (Wildman–Crippen LogP) is 2.95. The van der Waals surface area contributed by atoms with Gasteiger partial charge in [0.05, 0.1) is 11.0 Å². The number of ether oxygens (including phenoxy) is 1. The van der Waals surface area contributed by atoms with Crippen molar-refractivity contribution in [3.05, 3.63) is 39.4 Å². The first-order valence-electron chi connectivity index (χ1n) is 7.73. The van der Waals surface area contributed by atoms with Gasteiger partial charge in [-0.1, -0.05) is 17.7 Å². The van der Waals surface area contributed by atoms with Crippen LogP contribution in [0.5, 0.6) is 0 Å². The summed E-state index contributed by atoms with van der Waals surface area (Å²) in [5, 5.41) is 17.7. The lowest BCUT2D eigenvalue weighted by Crippen LogP contribution is -2.20. The van der Waals surface area contributed by atoms with Crippen molar-refractivity contribution < 1.29 is 9.66 Å². The number of nitrogens with one attached hydrogen (secondary N) is 2. The second-order valence-electron chi connectivity index (χ2n) is 5.54. The molecule has 9 nitrogen and oxygen atoms in total. The van der Waals surface area contributed by atoms with Crippen LogP contribution >= 0.6 is 11.6 Å². The summed E-state index contributed by atoms with van der Waals surface area (Å²) in [5.74, 6) is -0.0305. The third-order valence-corrected chi connectivity index (χ3v) is 3.93. The van der Waals surface area contributed by atoms with Crippen molar-refractivity contribution >= 4 is 40.6 Å². The van der Waals surface area contributed by atoms with Gasteiger partial charge in [-0.3, -0.25) is 10.1 Å². The number of hydrogen-bond donors (Lipinski definition) is 3. The first kappa shape index (κ1) is 17.2. The zero-order valence-electron chi connectivity index (χ0n) is 13.2. The van der Waals surface area contributed by atoms with Crippen molar-refractivity contribution in [3.63, 3.8) is 0 Å². The molecule has 0 bridgehead atoms. The fourth-order valence-corrected chi connectivity index (χ4v) is 2.73. The number of anilines is 4. The van der Waals surface area contributed by atoms with E-state index in [9.17, 15) is 10.1 Å². The standard InChI is InChI=1S/C15H17ClN6O3/c16-9-3-1-4-10(7-9)19-15-20-13(17)12(22(23)24)14(21-15)18-8-11-5-2-6-25-11/h1,3-4,7,11H,2,5-6,8H2,(H4,17,18,19,20,21)/t11-/m1/s1. The van der Waals surface area contributed by atoms with E-state index in [-0.39, 0.29) is 29.4 Å². The van der Waals surface area contributed by atoms with Crippen LogP contribution < -0.4 is 16.4 Å². The topological polar surface area (TPSA) is 128 Å². The van der Waals surface area contributed by atoms with Crippen LogP contribution in [0.25, 0.3) is 0 Å². The molecular weight excluding hydrogens is 348 g/mol. The zero-order chi connectivity index (χ0) is 17.8. The summed E-state index contributed by atoms with van der Waals surface area (Å²) in [5.41, 5.74) is 6.05. The largest absolute Gasteiger partial charge is 0.378 e. The molecule has 0 radical (unpaired) electrons. The lowest BCUT2D eigenvalue weighted by molar-refractivity contribution is -0.383. The Bertz CT molecular complexity index is 782. The molecule has 0 unspecified atom stereocenters. The molecule has 0 aliphatic carbocycles. The van der Waals surface area contributed by atoms with Crippen LogP contribution in [0.3, 0.4) is 0 Å². The van der Waals surface area contributed by atoms with Gasteiger partial charge in [0.15, 0.2) is 0 Å². The number of nitrogen functional groups attached to an aromatic ring is 1. The lowest BCUT2D eigenvalue weighted by atomic mass is 10.2. The molecule has 0 amide bonds. The first-order valence-corrected chi connectivity index (χ1v) is 8.10. The highest BCUT2D eigenvalue weighted by atomic mass is 35.5. The van der Waals surface area contributed by atoms with Crippen LogP contribution in [-0.4, -0.2) is 34.1 Å². The molecule has 0 spiro atoms. The molecule has 2 aromatic rings. The minimum absolute atomic E-state index is 0.000123. The number of aromatic nitrogens is 2. The number of rotatable bonds is 6. The fourth-order valence-electron chi connectivity index (χ4n) is 2.54. The molecule has 1 aromatic carbocycles. The second-order valence-corrected chi connectivity index (χ2v) is 5.97. The molecule has 1 aliphatic rings. The van der Waals surface area contributed by atoms with Gasteiger partial charge in [-0.25, -0.2) is 0 Å². The predicted molar refractivity (Wildman–Crippen MR) is 95.3 cm³/mol. The molecule has 1 atom stereocenters. The fraction of sp³-hybridized carbons (Fsp3) is 0.333. The number of halogens is 1. The third-order valence-electron chi connectivity index (χ3n) is 3.70. The summed E-state index contributed by atoms with van der Waals surface area (Å²) in [6.45, 7) is 1.11. The van der Waals surface area contributed by atoms with Gasteiger partial charge < -0.3 is 21.1 Å². The second kappa shape index (κ2) is 7.49. The van der Waals surface area contributed by atoms with Crippen LogP contribution in [0.2, 0.25) is 5.02 Å². The van der Waals surface area contributed by atoms with Gasteiger partial charge in [0.2, 0.25) is 17.6 Å². The average molecular weight is 365 g/mol. The summed E-state index contributed by atoms with van der Waals surface area (Å²) in [7, 11) is 0. The number of nitrogens with zero attached hydrogens (tertiary/aromatic N) is 3. The molecule has 10 heteroatoms. The van der Waals surface area contributed by atoms with E-state index < -0.39 is 4.92 Å². The van der Waals surface area contributed by atoms with E-state index >= 15 is 0 Å². The molecule has 1 fully saturated rings. The maximum absolute atomic E-state index is 11.3. The zero-order valence-corrected chi connectivity index (χ0v) is 14.0. The third kappa shape index (κ3) is 4.25. The van der Waals surface area contributed by atoms with Crippen molar-refractivity contribution in [1.29, 1.82) is 0 Å². The summed E-state index contributed by atoms with van der Waals surface area (Å²) in [6.07, 6.45) is 1.87. The molecule has 1 aromatic heterocycles. The van der Waals surface area contributed by atoms with E-state index in [1.807, 2.05) is 0 Å². The summed E-state index contributed by atoms with van der Waals surface area (Å²) >= 11 is 5.94. The van der Waals surface area contributed by atoms with Crippen LogP contribution in [0.1, 0.15) is 12.8 Å². The number of hydrogen-bond acceptors (Lipinski definition) is 8.